The van der Waals surface area contributed by atoms with E-state index in [2.05, 4.69) is 15.1 Å². The molecular weight excluding hydrogens is 454 g/mol. The zero-order chi connectivity index (χ0) is 24.9. The minimum Gasteiger partial charge on any atom is -0.464 e. The number of aromatic nitrogens is 1. The van der Waals surface area contributed by atoms with Crippen molar-refractivity contribution < 1.29 is 23.1 Å². The number of carbonyl (C=O) groups is 2. The normalized spacial score (nSPS) is 14.8. The van der Waals surface area contributed by atoms with Crippen molar-refractivity contribution in [3.63, 3.8) is 0 Å². The molecule has 3 aromatic rings. The minimum atomic E-state index is -0.471. The Hall–Kier alpha value is -3.56. The predicted molar refractivity (Wildman–Crippen MR) is 128 cm³/mol. The number of piperazine rings is 1. The second-order valence-corrected chi connectivity index (χ2v) is 8.58. The fraction of sp³-hybridized carbons (Fsp3) is 0.308. The van der Waals surface area contributed by atoms with Crippen molar-refractivity contribution in [2.75, 3.05) is 45.2 Å². The molecule has 1 amide bonds. The molecule has 1 fully saturated rings. The highest BCUT2D eigenvalue weighted by molar-refractivity contribution is 5.95. The van der Waals surface area contributed by atoms with Crippen LogP contribution in [0.2, 0.25) is 0 Å². The molecule has 0 radical (unpaired) electrons. The summed E-state index contributed by atoms with van der Waals surface area (Å²) in [7, 11) is 3.02. The molecule has 0 aliphatic carbocycles. The van der Waals surface area contributed by atoms with Crippen LogP contribution in [0.3, 0.4) is 0 Å². The van der Waals surface area contributed by atoms with Crippen LogP contribution in [0.1, 0.15) is 27.7 Å². The zero-order valence-corrected chi connectivity index (χ0v) is 19.7. The Morgan fingerprint density at radius 2 is 1.49 bits per heavy atom. The third kappa shape index (κ3) is 5.93. The van der Waals surface area contributed by atoms with Crippen molar-refractivity contribution in [3.05, 3.63) is 89.2 Å². The van der Waals surface area contributed by atoms with E-state index in [-0.39, 0.29) is 30.1 Å². The van der Waals surface area contributed by atoms with Crippen molar-refractivity contribution in [1.29, 1.82) is 0 Å². The SMILES string of the molecule is COC(=O)c1cc(NC(=O)CN2CCN(C(c3ccc(F)cc3)c3ccc(F)cc3)CC2)cn1C. The summed E-state index contributed by atoms with van der Waals surface area (Å²) in [4.78, 5) is 28.7. The second-order valence-electron chi connectivity index (χ2n) is 8.58. The fourth-order valence-electron chi connectivity index (χ4n) is 4.43. The summed E-state index contributed by atoms with van der Waals surface area (Å²) >= 11 is 0. The second kappa shape index (κ2) is 10.8. The first-order valence-corrected chi connectivity index (χ1v) is 11.4. The predicted octanol–water partition coefficient (Wildman–Crippen LogP) is 3.44. The number of anilines is 1. The summed E-state index contributed by atoms with van der Waals surface area (Å²) in [5.74, 6) is -1.26. The van der Waals surface area contributed by atoms with Crippen molar-refractivity contribution in [1.82, 2.24) is 14.4 Å². The number of benzene rings is 2. The summed E-state index contributed by atoms with van der Waals surface area (Å²) in [6.45, 7) is 2.91. The molecule has 35 heavy (non-hydrogen) atoms. The van der Waals surface area contributed by atoms with E-state index in [9.17, 15) is 18.4 Å². The van der Waals surface area contributed by atoms with Crippen LogP contribution in [-0.4, -0.2) is 66.1 Å². The smallest absolute Gasteiger partial charge is 0.354 e. The zero-order valence-electron chi connectivity index (χ0n) is 19.7. The molecule has 7 nitrogen and oxygen atoms in total. The number of carbonyl (C=O) groups excluding carboxylic acids is 2. The van der Waals surface area contributed by atoms with E-state index in [1.165, 1.54) is 31.4 Å². The van der Waals surface area contributed by atoms with Crippen molar-refractivity contribution in [2.45, 2.75) is 6.04 Å². The maximum absolute atomic E-state index is 13.5. The summed E-state index contributed by atoms with van der Waals surface area (Å²) in [6, 6.07) is 14.2. The monoisotopic (exact) mass is 482 g/mol. The number of nitrogens with one attached hydrogen (secondary N) is 1. The summed E-state index contributed by atoms with van der Waals surface area (Å²) in [5.41, 5.74) is 2.73. The topological polar surface area (TPSA) is 66.8 Å². The van der Waals surface area contributed by atoms with Crippen LogP contribution in [-0.2, 0) is 16.6 Å². The van der Waals surface area contributed by atoms with Crippen LogP contribution in [0, 0.1) is 11.6 Å². The molecular formula is C26H28F2N4O3. The highest BCUT2D eigenvalue weighted by atomic mass is 19.1. The van der Waals surface area contributed by atoms with Gasteiger partial charge in [-0.05, 0) is 41.5 Å². The third-order valence-electron chi connectivity index (χ3n) is 6.19. The van der Waals surface area contributed by atoms with E-state index in [1.54, 1.807) is 48.1 Å². The van der Waals surface area contributed by atoms with E-state index < -0.39 is 5.97 Å². The summed E-state index contributed by atoms with van der Waals surface area (Å²) < 4.78 is 33.4. The lowest BCUT2D eigenvalue weighted by Crippen LogP contribution is -2.49. The van der Waals surface area contributed by atoms with E-state index in [1.807, 2.05) is 0 Å². The first-order chi connectivity index (χ1) is 16.8. The summed E-state index contributed by atoms with van der Waals surface area (Å²) in [5, 5.41) is 2.83. The van der Waals surface area contributed by atoms with E-state index in [0.717, 1.165) is 11.1 Å². The lowest BCUT2D eigenvalue weighted by atomic mass is 9.96. The molecule has 0 saturated carbocycles. The molecule has 2 aromatic carbocycles. The Labute approximate surface area is 202 Å². The molecule has 0 atom stereocenters. The number of hydrogen-bond acceptors (Lipinski definition) is 5. The Bertz CT molecular complexity index is 1120. The first kappa shape index (κ1) is 24.6. The van der Waals surface area contributed by atoms with Gasteiger partial charge in [-0.15, -0.1) is 0 Å². The van der Waals surface area contributed by atoms with Crippen LogP contribution < -0.4 is 5.32 Å². The van der Waals surface area contributed by atoms with Crippen LogP contribution >= 0.6 is 0 Å². The van der Waals surface area contributed by atoms with Gasteiger partial charge >= 0.3 is 5.97 Å². The first-order valence-electron chi connectivity index (χ1n) is 11.4. The molecule has 9 heteroatoms. The number of esters is 1. The quantitative estimate of drug-likeness (QED) is 0.523. The molecule has 1 aromatic heterocycles. The van der Waals surface area contributed by atoms with E-state index in [0.29, 0.717) is 37.6 Å². The lowest BCUT2D eigenvalue weighted by molar-refractivity contribution is -0.117. The van der Waals surface area contributed by atoms with Gasteiger partial charge in [-0.1, -0.05) is 24.3 Å². The number of rotatable bonds is 7. The average molecular weight is 483 g/mol. The number of methoxy groups -OCH3 is 1. The molecule has 2 heterocycles. The molecule has 0 unspecified atom stereocenters. The molecule has 4 rings (SSSR count). The van der Waals surface area contributed by atoms with Gasteiger partial charge < -0.3 is 14.6 Å². The third-order valence-corrected chi connectivity index (χ3v) is 6.19. The van der Waals surface area contributed by atoms with E-state index >= 15 is 0 Å². The van der Waals surface area contributed by atoms with Gasteiger partial charge in [0.15, 0.2) is 0 Å². The Morgan fingerprint density at radius 1 is 0.943 bits per heavy atom. The van der Waals surface area contributed by atoms with E-state index in [4.69, 9.17) is 4.74 Å². The number of nitrogens with zero attached hydrogens (tertiary/aromatic N) is 3. The van der Waals surface area contributed by atoms with Crippen molar-refractivity contribution >= 4 is 17.6 Å². The fourth-order valence-corrected chi connectivity index (χ4v) is 4.43. The molecule has 1 saturated heterocycles. The lowest BCUT2D eigenvalue weighted by Gasteiger charge is -2.39. The minimum absolute atomic E-state index is 0.145. The molecule has 1 aliphatic heterocycles. The van der Waals surface area contributed by atoms with Crippen LogP contribution in [0.5, 0.6) is 0 Å². The van der Waals surface area contributed by atoms with Gasteiger partial charge in [0.2, 0.25) is 5.91 Å². The maximum atomic E-state index is 13.5. The molecule has 184 valence electrons. The molecule has 1 aliphatic rings. The number of ether oxygens (including phenoxy) is 1. The highest BCUT2D eigenvalue weighted by Gasteiger charge is 2.27. The van der Waals surface area contributed by atoms with Crippen LogP contribution in [0.25, 0.3) is 0 Å². The van der Waals surface area contributed by atoms with Gasteiger partial charge in [-0.2, -0.15) is 0 Å². The highest BCUT2D eigenvalue weighted by Crippen LogP contribution is 2.30. The number of aryl methyl sites for hydroxylation is 1. The molecule has 0 spiro atoms. The van der Waals surface area contributed by atoms with Crippen LogP contribution in [0.15, 0.2) is 60.8 Å². The Morgan fingerprint density at radius 3 is 2.00 bits per heavy atom. The average Bonchev–Trinajstić information content (AvgIpc) is 3.21. The van der Waals surface area contributed by atoms with Gasteiger partial charge in [0, 0.05) is 39.4 Å². The largest absolute Gasteiger partial charge is 0.464 e. The van der Waals surface area contributed by atoms with Gasteiger partial charge in [-0.3, -0.25) is 14.6 Å². The Kier molecular flexibility index (Phi) is 7.57. The Balaban J connectivity index is 1.39. The van der Waals surface area contributed by atoms with Gasteiger partial charge in [-0.25, -0.2) is 13.6 Å². The van der Waals surface area contributed by atoms with Gasteiger partial charge in [0.05, 0.1) is 25.4 Å². The standard InChI is InChI=1S/C26H28F2N4O3/c1-30-16-22(15-23(30)26(34)35-2)29-24(33)17-31-11-13-32(14-12-31)25(18-3-7-20(27)8-4-18)19-5-9-21(28)10-6-19/h3-10,15-16,25H,11-14,17H2,1-2H3,(H,29,33). The van der Waals surface area contributed by atoms with Crippen molar-refractivity contribution in [3.8, 4) is 0 Å². The maximum Gasteiger partial charge on any atom is 0.354 e. The van der Waals surface area contributed by atoms with Gasteiger partial charge in [0.1, 0.15) is 17.3 Å². The summed E-state index contributed by atoms with van der Waals surface area (Å²) in [6.07, 6.45) is 1.66. The molecule has 1 N–H and O–H groups in total. The van der Waals surface area contributed by atoms with Gasteiger partial charge in [0.25, 0.3) is 0 Å². The van der Waals surface area contributed by atoms with Crippen LogP contribution in [0.4, 0.5) is 14.5 Å². The molecule has 0 bridgehead atoms. The number of amides is 1. The number of hydrogen-bond donors (Lipinski definition) is 1. The number of halogens is 2. The van der Waals surface area contributed by atoms with Crippen molar-refractivity contribution in [2.24, 2.45) is 7.05 Å².